The first kappa shape index (κ1) is 17.2. The molecule has 1 aromatic carbocycles. The van der Waals surface area contributed by atoms with Gasteiger partial charge in [0.05, 0.1) is 11.9 Å². The number of sulfone groups is 1. The molecule has 24 heavy (non-hydrogen) atoms. The molecule has 2 aromatic rings. The Kier molecular flexibility index (Phi) is 4.78. The molecule has 1 saturated heterocycles. The first-order valence-electron chi connectivity index (χ1n) is 8.39. The molecule has 0 radical (unpaired) electrons. The molecule has 1 fully saturated rings. The average molecular weight is 347 g/mol. The fraction of sp³-hybridized carbons (Fsp3) is 0.500. The van der Waals surface area contributed by atoms with E-state index in [9.17, 15) is 8.42 Å². The molecule has 0 bridgehead atoms. The highest BCUT2D eigenvalue weighted by atomic mass is 32.2. The van der Waals surface area contributed by atoms with Gasteiger partial charge >= 0.3 is 0 Å². The van der Waals surface area contributed by atoms with Gasteiger partial charge in [-0.3, -0.25) is 10.00 Å². The normalized spacial score (nSPS) is 19.2. The maximum Gasteiger partial charge on any atom is 0.178 e. The van der Waals surface area contributed by atoms with Crippen LogP contribution in [0.3, 0.4) is 0 Å². The van der Waals surface area contributed by atoms with E-state index in [4.69, 9.17) is 0 Å². The monoisotopic (exact) mass is 347 g/mol. The molecule has 1 N–H and O–H groups in total. The lowest BCUT2D eigenvalue weighted by molar-refractivity contribution is 0.326. The summed E-state index contributed by atoms with van der Waals surface area (Å²) in [4.78, 5) is 2.72. The smallest absolute Gasteiger partial charge is 0.178 e. The van der Waals surface area contributed by atoms with E-state index in [1.807, 2.05) is 0 Å². The maximum absolute atomic E-state index is 11.9. The summed E-state index contributed by atoms with van der Waals surface area (Å²) in [5.74, 6) is 0.747. The van der Waals surface area contributed by atoms with Gasteiger partial charge in [0.1, 0.15) is 4.90 Å². The molecule has 130 valence electrons. The standard InChI is InChI=1S/C18H25N3O2S/c1-13(2)15-6-4-14(5-7-15)11-21-9-8-16(12-21)18-17(10-19-20-18)24(3,22)23/h4-7,10,13,16H,8-9,11-12H2,1-3H3,(H,19,20). The van der Waals surface area contributed by atoms with E-state index >= 15 is 0 Å². The number of aromatic amines is 1. The van der Waals surface area contributed by atoms with Crippen LogP contribution < -0.4 is 0 Å². The molecule has 1 aliphatic rings. The zero-order valence-electron chi connectivity index (χ0n) is 14.5. The minimum Gasteiger partial charge on any atom is -0.298 e. The summed E-state index contributed by atoms with van der Waals surface area (Å²) in [5, 5.41) is 6.85. The molecule has 5 nitrogen and oxygen atoms in total. The summed E-state index contributed by atoms with van der Waals surface area (Å²) in [6, 6.07) is 8.79. The van der Waals surface area contributed by atoms with Gasteiger partial charge < -0.3 is 0 Å². The van der Waals surface area contributed by atoms with Crippen molar-refractivity contribution >= 4 is 9.84 Å². The van der Waals surface area contributed by atoms with E-state index < -0.39 is 9.84 Å². The Morgan fingerprint density at radius 1 is 1.29 bits per heavy atom. The quantitative estimate of drug-likeness (QED) is 0.903. The van der Waals surface area contributed by atoms with E-state index in [1.165, 1.54) is 23.6 Å². The minimum absolute atomic E-state index is 0.201. The molecule has 1 aliphatic heterocycles. The van der Waals surface area contributed by atoms with Gasteiger partial charge in [-0.25, -0.2) is 8.42 Å². The molecule has 1 aromatic heterocycles. The predicted octanol–water partition coefficient (Wildman–Crippen LogP) is 2.93. The summed E-state index contributed by atoms with van der Waals surface area (Å²) in [7, 11) is -3.23. The van der Waals surface area contributed by atoms with Gasteiger partial charge in [0, 0.05) is 25.3 Å². The molecule has 0 aliphatic carbocycles. The second-order valence-corrected chi connectivity index (χ2v) is 9.02. The number of hydrogen-bond donors (Lipinski definition) is 1. The lowest BCUT2D eigenvalue weighted by atomic mass is 10.0. The van der Waals surface area contributed by atoms with Gasteiger partial charge in [-0.2, -0.15) is 5.10 Å². The second kappa shape index (κ2) is 6.69. The molecular weight excluding hydrogens is 322 g/mol. The number of nitrogens with zero attached hydrogens (tertiary/aromatic N) is 2. The van der Waals surface area contributed by atoms with E-state index in [2.05, 4.69) is 53.2 Å². The molecule has 2 heterocycles. The topological polar surface area (TPSA) is 66.1 Å². The van der Waals surface area contributed by atoms with Gasteiger partial charge in [-0.05, 0) is 30.0 Å². The van der Waals surface area contributed by atoms with Crippen molar-refractivity contribution < 1.29 is 8.42 Å². The van der Waals surface area contributed by atoms with Crippen LogP contribution in [0.25, 0.3) is 0 Å². The third-order valence-electron chi connectivity index (χ3n) is 4.76. The maximum atomic E-state index is 11.9. The van der Waals surface area contributed by atoms with E-state index in [0.29, 0.717) is 10.8 Å². The summed E-state index contributed by atoms with van der Waals surface area (Å²) < 4.78 is 23.7. The van der Waals surface area contributed by atoms with Crippen molar-refractivity contribution in [3.63, 3.8) is 0 Å². The molecule has 0 spiro atoms. The number of benzene rings is 1. The van der Waals surface area contributed by atoms with Crippen LogP contribution >= 0.6 is 0 Å². The van der Waals surface area contributed by atoms with Crippen molar-refractivity contribution in [3.8, 4) is 0 Å². The SMILES string of the molecule is CC(C)c1ccc(CN2CCC(c3[nH]ncc3S(C)(=O)=O)C2)cc1. The van der Waals surface area contributed by atoms with Crippen molar-refractivity contribution in [2.75, 3.05) is 19.3 Å². The van der Waals surface area contributed by atoms with Crippen LogP contribution in [0.1, 0.15) is 48.9 Å². The lowest BCUT2D eigenvalue weighted by Gasteiger charge is -2.16. The predicted molar refractivity (Wildman–Crippen MR) is 94.9 cm³/mol. The zero-order valence-corrected chi connectivity index (χ0v) is 15.3. The number of rotatable bonds is 5. The van der Waals surface area contributed by atoms with Crippen LogP contribution in [-0.2, 0) is 16.4 Å². The van der Waals surface area contributed by atoms with Gasteiger partial charge in [0.2, 0.25) is 0 Å². The molecule has 0 saturated carbocycles. The Labute approximate surface area is 144 Å². The largest absolute Gasteiger partial charge is 0.298 e. The third-order valence-corrected chi connectivity index (χ3v) is 5.89. The van der Waals surface area contributed by atoms with Crippen molar-refractivity contribution in [2.45, 2.75) is 43.5 Å². The lowest BCUT2D eigenvalue weighted by Crippen LogP contribution is -2.20. The molecule has 6 heteroatoms. The Hall–Kier alpha value is -1.66. The van der Waals surface area contributed by atoms with Gasteiger partial charge in [-0.1, -0.05) is 38.1 Å². The highest BCUT2D eigenvalue weighted by Gasteiger charge is 2.29. The second-order valence-electron chi connectivity index (χ2n) is 7.04. The number of H-pyrrole nitrogens is 1. The number of nitrogens with one attached hydrogen (secondary N) is 1. The minimum atomic E-state index is -3.23. The fourth-order valence-electron chi connectivity index (χ4n) is 3.35. The summed E-state index contributed by atoms with van der Waals surface area (Å²) in [5.41, 5.74) is 3.41. The summed E-state index contributed by atoms with van der Waals surface area (Å²) in [6.07, 6.45) is 3.62. The first-order valence-corrected chi connectivity index (χ1v) is 10.3. The summed E-state index contributed by atoms with van der Waals surface area (Å²) in [6.45, 7) is 7.13. The van der Waals surface area contributed by atoms with Crippen LogP contribution in [0.5, 0.6) is 0 Å². The van der Waals surface area contributed by atoms with E-state index in [0.717, 1.165) is 31.7 Å². The van der Waals surface area contributed by atoms with Crippen LogP contribution in [0.4, 0.5) is 0 Å². The van der Waals surface area contributed by atoms with E-state index in [-0.39, 0.29) is 5.92 Å². The Morgan fingerprint density at radius 3 is 2.62 bits per heavy atom. The van der Waals surface area contributed by atoms with Gasteiger partial charge in [0.15, 0.2) is 9.84 Å². The van der Waals surface area contributed by atoms with Crippen molar-refractivity contribution in [2.24, 2.45) is 0 Å². The van der Waals surface area contributed by atoms with Crippen LogP contribution in [-0.4, -0.2) is 42.9 Å². The van der Waals surface area contributed by atoms with Crippen molar-refractivity contribution in [3.05, 3.63) is 47.3 Å². The molecule has 1 atom stereocenters. The number of aromatic nitrogens is 2. The van der Waals surface area contributed by atoms with Crippen molar-refractivity contribution in [1.82, 2.24) is 15.1 Å². The fourth-order valence-corrected chi connectivity index (χ4v) is 4.21. The Morgan fingerprint density at radius 2 is 2.00 bits per heavy atom. The zero-order chi connectivity index (χ0) is 17.3. The highest BCUT2D eigenvalue weighted by molar-refractivity contribution is 7.90. The van der Waals surface area contributed by atoms with Crippen LogP contribution in [0, 0.1) is 0 Å². The average Bonchev–Trinajstić information content (AvgIpc) is 3.15. The van der Waals surface area contributed by atoms with Crippen LogP contribution in [0.15, 0.2) is 35.4 Å². The summed E-state index contributed by atoms with van der Waals surface area (Å²) >= 11 is 0. The third kappa shape index (κ3) is 3.70. The van der Waals surface area contributed by atoms with Crippen molar-refractivity contribution in [1.29, 1.82) is 0 Å². The Bertz CT molecular complexity index is 794. The Balaban J connectivity index is 1.67. The van der Waals surface area contributed by atoms with Gasteiger partial charge in [-0.15, -0.1) is 0 Å². The molecular formula is C18H25N3O2S. The first-order chi connectivity index (χ1) is 11.3. The number of likely N-dealkylation sites (tertiary alicyclic amines) is 1. The van der Waals surface area contributed by atoms with E-state index in [1.54, 1.807) is 0 Å². The highest BCUT2D eigenvalue weighted by Crippen LogP contribution is 2.31. The molecule has 3 rings (SSSR count). The van der Waals surface area contributed by atoms with Gasteiger partial charge in [0.25, 0.3) is 0 Å². The molecule has 1 unspecified atom stereocenters. The van der Waals surface area contributed by atoms with Crippen LogP contribution in [0.2, 0.25) is 0 Å². The number of hydrogen-bond acceptors (Lipinski definition) is 4. The molecule has 0 amide bonds.